The molecule has 1 atom stereocenters. The first-order chi connectivity index (χ1) is 9.88. The van der Waals surface area contributed by atoms with Crippen molar-refractivity contribution in [1.82, 2.24) is 5.32 Å². The van der Waals surface area contributed by atoms with Crippen molar-refractivity contribution in [3.05, 3.63) is 70.5 Å². The molecule has 0 fully saturated rings. The molecule has 0 radical (unpaired) electrons. The molecule has 2 aromatic rings. The Bertz CT molecular complexity index is 590. The van der Waals surface area contributed by atoms with Crippen LogP contribution in [0.25, 0.3) is 0 Å². The summed E-state index contributed by atoms with van der Waals surface area (Å²) in [5, 5.41) is 3.73. The Morgan fingerprint density at radius 3 is 2.33 bits per heavy atom. The highest BCUT2D eigenvalue weighted by atomic mass is 35.5. The van der Waals surface area contributed by atoms with E-state index in [2.05, 4.69) is 38.2 Å². The molecule has 0 bridgehead atoms. The van der Waals surface area contributed by atoms with Gasteiger partial charge < -0.3 is 5.32 Å². The lowest BCUT2D eigenvalue weighted by Crippen LogP contribution is -2.32. The highest BCUT2D eigenvalue weighted by Gasteiger charge is 2.25. The fourth-order valence-electron chi connectivity index (χ4n) is 2.44. The van der Waals surface area contributed by atoms with Crippen molar-refractivity contribution in [3.8, 4) is 0 Å². The summed E-state index contributed by atoms with van der Waals surface area (Å²) in [5.74, 6) is -0.379. The van der Waals surface area contributed by atoms with E-state index in [4.69, 9.17) is 11.6 Å². The first-order valence-electron chi connectivity index (χ1n) is 7.10. The van der Waals surface area contributed by atoms with Crippen LogP contribution in [0.4, 0.5) is 4.39 Å². The van der Waals surface area contributed by atoms with Gasteiger partial charge in [-0.3, -0.25) is 0 Å². The van der Waals surface area contributed by atoms with Crippen molar-refractivity contribution in [3.63, 3.8) is 0 Å². The topological polar surface area (TPSA) is 12.0 Å². The molecule has 2 aromatic carbocycles. The van der Waals surface area contributed by atoms with Gasteiger partial charge in [0.05, 0.1) is 5.02 Å². The van der Waals surface area contributed by atoms with E-state index in [1.807, 2.05) is 18.2 Å². The first-order valence-corrected chi connectivity index (χ1v) is 7.48. The van der Waals surface area contributed by atoms with Crippen LogP contribution < -0.4 is 5.32 Å². The molecule has 0 saturated carbocycles. The zero-order valence-corrected chi connectivity index (χ0v) is 13.4. The third-order valence-corrected chi connectivity index (χ3v) is 3.78. The monoisotopic (exact) mass is 305 g/mol. The van der Waals surface area contributed by atoms with E-state index in [9.17, 15) is 4.39 Å². The van der Waals surface area contributed by atoms with E-state index in [-0.39, 0.29) is 22.3 Å². The standard InChI is InChI=1S/C18H21ClFN/c1-18(2,3)17(14-7-5-4-6-8-14)21-12-13-9-10-16(20)15(19)11-13/h4-11,17,21H,12H2,1-3H3. The molecule has 0 aliphatic carbocycles. The minimum Gasteiger partial charge on any atom is -0.305 e. The minimum absolute atomic E-state index is 0.0746. The Labute approximate surface area is 131 Å². The molecule has 3 heteroatoms. The Morgan fingerprint density at radius 1 is 1.10 bits per heavy atom. The summed E-state index contributed by atoms with van der Waals surface area (Å²) in [5.41, 5.74) is 2.30. The van der Waals surface area contributed by atoms with Gasteiger partial charge >= 0.3 is 0 Å². The summed E-state index contributed by atoms with van der Waals surface area (Å²) in [6, 6.07) is 15.4. The van der Waals surface area contributed by atoms with Gasteiger partial charge in [-0.2, -0.15) is 0 Å². The van der Waals surface area contributed by atoms with Crippen molar-refractivity contribution in [1.29, 1.82) is 0 Å². The number of hydrogen-bond acceptors (Lipinski definition) is 1. The molecule has 1 unspecified atom stereocenters. The Balaban J connectivity index is 2.15. The summed E-state index contributed by atoms with van der Waals surface area (Å²) in [7, 11) is 0. The molecule has 112 valence electrons. The van der Waals surface area contributed by atoms with Gasteiger partial charge in [0.2, 0.25) is 0 Å². The van der Waals surface area contributed by atoms with E-state index in [0.29, 0.717) is 6.54 Å². The van der Waals surface area contributed by atoms with E-state index >= 15 is 0 Å². The molecular formula is C18H21ClFN. The molecule has 0 heterocycles. The van der Waals surface area contributed by atoms with Crippen LogP contribution in [0.15, 0.2) is 48.5 Å². The van der Waals surface area contributed by atoms with Gasteiger partial charge in [-0.1, -0.05) is 68.8 Å². The molecule has 0 saturated heterocycles. The Hall–Kier alpha value is -1.38. The number of hydrogen-bond donors (Lipinski definition) is 1. The van der Waals surface area contributed by atoms with Gasteiger partial charge in [0.15, 0.2) is 0 Å². The van der Waals surface area contributed by atoms with Crippen molar-refractivity contribution >= 4 is 11.6 Å². The number of rotatable bonds is 4. The fourth-order valence-corrected chi connectivity index (χ4v) is 2.64. The number of benzene rings is 2. The maximum atomic E-state index is 13.2. The van der Waals surface area contributed by atoms with Crippen molar-refractivity contribution in [2.75, 3.05) is 0 Å². The van der Waals surface area contributed by atoms with E-state index in [0.717, 1.165) is 5.56 Å². The van der Waals surface area contributed by atoms with Crippen molar-refractivity contribution in [2.24, 2.45) is 5.41 Å². The number of halogens is 2. The van der Waals surface area contributed by atoms with Crippen LogP contribution in [0, 0.1) is 11.2 Å². The summed E-state index contributed by atoms with van der Waals surface area (Å²) in [6.07, 6.45) is 0. The lowest BCUT2D eigenvalue weighted by atomic mass is 9.82. The Kier molecular flexibility index (Phi) is 5.02. The summed E-state index contributed by atoms with van der Waals surface area (Å²) >= 11 is 5.83. The highest BCUT2D eigenvalue weighted by molar-refractivity contribution is 6.30. The molecule has 1 N–H and O–H groups in total. The van der Waals surface area contributed by atoms with Gasteiger partial charge in [0.1, 0.15) is 5.82 Å². The van der Waals surface area contributed by atoms with Crippen LogP contribution >= 0.6 is 11.6 Å². The van der Waals surface area contributed by atoms with Gasteiger partial charge in [0, 0.05) is 12.6 Å². The maximum absolute atomic E-state index is 13.2. The van der Waals surface area contributed by atoms with Gasteiger partial charge in [0.25, 0.3) is 0 Å². The molecule has 0 amide bonds. The zero-order chi connectivity index (χ0) is 15.5. The van der Waals surface area contributed by atoms with Crippen LogP contribution in [0.2, 0.25) is 5.02 Å². The lowest BCUT2D eigenvalue weighted by molar-refractivity contribution is 0.271. The van der Waals surface area contributed by atoms with Gasteiger partial charge in [-0.05, 0) is 28.7 Å². The van der Waals surface area contributed by atoms with E-state index in [1.54, 1.807) is 12.1 Å². The molecule has 0 aromatic heterocycles. The zero-order valence-electron chi connectivity index (χ0n) is 12.7. The molecular weight excluding hydrogens is 285 g/mol. The average Bonchev–Trinajstić information content (AvgIpc) is 2.43. The quantitative estimate of drug-likeness (QED) is 0.802. The maximum Gasteiger partial charge on any atom is 0.141 e. The average molecular weight is 306 g/mol. The summed E-state index contributed by atoms with van der Waals surface area (Å²) in [6.45, 7) is 7.26. The normalized spacial score (nSPS) is 13.2. The van der Waals surface area contributed by atoms with Gasteiger partial charge in [-0.25, -0.2) is 4.39 Å². The molecule has 21 heavy (non-hydrogen) atoms. The molecule has 1 nitrogen and oxygen atoms in total. The molecule has 0 spiro atoms. The van der Waals surface area contributed by atoms with Gasteiger partial charge in [-0.15, -0.1) is 0 Å². The molecule has 0 aliphatic heterocycles. The second-order valence-electron chi connectivity index (χ2n) is 6.34. The molecule has 0 aliphatic rings. The van der Waals surface area contributed by atoms with Crippen LogP contribution in [0.1, 0.15) is 37.9 Å². The predicted molar refractivity (Wildman–Crippen MR) is 86.9 cm³/mol. The van der Waals surface area contributed by atoms with Crippen molar-refractivity contribution in [2.45, 2.75) is 33.4 Å². The van der Waals surface area contributed by atoms with Crippen LogP contribution in [-0.2, 0) is 6.54 Å². The van der Waals surface area contributed by atoms with Crippen LogP contribution in [0.3, 0.4) is 0 Å². The minimum atomic E-state index is -0.379. The second-order valence-corrected chi connectivity index (χ2v) is 6.75. The largest absolute Gasteiger partial charge is 0.305 e. The van der Waals surface area contributed by atoms with Crippen LogP contribution in [-0.4, -0.2) is 0 Å². The predicted octanol–water partition coefficient (Wildman–Crippen LogP) is 5.36. The summed E-state index contributed by atoms with van der Waals surface area (Å²) < 4.78 is 13.2. The number of nitrogens with one attached hydrogen (secondary N) is 1. The summed E-state index contributed by atoms with van der Waals surface area (Å²) in [4.78, 5) is 0. The van der Waals surface area contributed by atoms with E-state index < -0.39 is 0 Å². The fraction of sp³-hybridized carbons (Fsp3) is 0.333. The highest BCUT2D eigenvalue weighted by Crippen LogP contribution is 2.33. The third kappa shape index (κ3) is 4.29. The van der Waals surface area contributed by atoms with Crippen LogP contribution in [0.5, 0.6) is 0 Å². The Morgan fingerprint density at radius 2 is 1.76 bits per heavy atom. The van der Waals surface area contributed by atoms with Crippen molar-refractivity contribution < 1.29 is 4.39 Å². The smallest absolute Gasteiger partial charge is 0.141 e. The first kappa shape index (κ1) is 16.0. The third-order valence-electron chi connectivity index (χ3n) is 3.49. The SMILES string of the molecule is CC(C)(C)C(NCc1ccc(F)c(Cl)c1)c1ccccc1. The van der Waals surface area contributed by atoms with E-state index in [1.165, 1.54) is 11.6 Å². The lowest BCUT2D eigenvalue weighted by Gasteiger charge is -2.32. The second kappa shape index (κ2) is 6.59. The molecule has 2 rings (SSSR count).